The molecule has 116 valence electrons. The summed E-state index contributed by atoms with van der Waals surface area (Å²) in [5, 5.41) is 11.0. The van der Waals surface area contributed by atoms with E-state index in [-0.39, 0.29) is 11.8 Å². The highest BCUT2D eigenvalue weighted by Crippen LogP contribution is 2.29. The molecule has 1 aliphatic heterocycles. The Kier molecular flexibility index (Phi) is 5.35. The second-order valence-electron chi connectivity index (χ2n) is 5.22. The summed E-state index contributed by atoms with van der Waals surface area (Å²) in [5.41, 5.74) is 3.87. The Bertz CT molecular complexity index is 495. The van der Waals surface area contributed by atoms with Crippen LogP contribution in [0.2, 0.25) is 0 Å². The molecule has 1 saturated heterocycles. The van der Waals surface area contributed by atoms with Crippen LogP contribution in [0.3, 0.4) is 0 Å². The van der Waals surface area contributed by atoms with E-state index in [4.69, 9.17) is 10.6 Å². The smallest absolute Gasteiger partial charge is 0.273 e. The summed E-state index contributed by atoms with van der Waals surface area (Å²) in [6.45, 7) is 4.46. The number of hydrazine groups is 1. The van der Waals surface area contributed by atoms with Crippen LogP contribution in [-0.2, 0) is 4.74 Å². The molecule has 1 atom stereocenters. The van der Waals surface area contributed by atoms with Gasteiger partial charge in [-0.1, -0.05) is 6.92 Å². The van der Waals surface area contributed by atoms with Gasteiger partial charge in [-0.15, -0.1) is 0 Å². The van der Waals surface area contributed by atoms with Crippen molar-refractivity contribution >= 4 is 17.1 Å². The van der Waals surface area contributed by atoms with Crippen molar-refractivity contribution in [2.45, 2.75) is 32.3 Å². The number of benzene rings is 1. The average molecular weight is 294 g/mol. The highest BCUT2D eigenvalue weighted by molar-refractivity contribution is 5.64. The molecule has 7 heteroatoms. The zero-order chi connectivity index (χ0) is 15.2. The molecule has 0 bridgehead atoms. The van der Waals surface area contributed by atoms with Crippen molar-refractivity contribution < 1.29 is 9.66 Å². The monoisotopic (exact) mass is 294 g/mol. The van der Waals surface area contributed by atoms with Crippen molar-refractivity contribution in [2.24, 2.45) is 5.84 Å². The van der Waals surface area contributed by atoms with Gasteiger partial charge in [0.2, 0.25) is 0 Å². The number of nitrogens with two attached hydrogens (primary N) is 1. The second-order valence-corrected chi connectivity index (χ2v) is 5.22. The van der Waals surface area contributed by atoms with E-state index in [0.29, 0.717) is 5.69 Å². The summed E-state index contributed by atoms with van der Waals surface area (Å²) in [5.74, 6) is 5.39. The Morgan fingerprint density at radius 3 is 3.00 bits per heavy atom. The van der Waals surface area contributed by atoms with Gasteiger partial charge in [-0.3, -0.25) is 16.0 Å². The van der Waals surface area contributed by atoms with E-state index in [0.717, 1.165) is 44.6 Å². The molecular weight excluding hydrogens is 272 g/mol. The van der Waals surface area contributed by atoms with Crippen LogP contribution in [0.1, 0.15) is 26.2 Å². The minimum atomic E-state index is -0.403. The summed E-state index contributed by atoms with van der Waals surface area (Å²) in [6, 6.07) is 4.84. The Morgan fingerprint density at radius 1 is 1.52 bits per heavy atom. The molecule has 21 heavy (non-hydrogen) atoms. The summed E-state index contributed by atoms with van der Waals surface area (Å²) in [7, 11) is 0. The lowest BCUT2D eigenvalue weighted by Crippen LogP contribution is -2.39. The number of anilines is 2. The Morgan fingerprint density at radius 2 is 2.33 bits per heavy atom. The lowest BCUT2D eigenvalue weighted by Gasteiger charge is -2.34. The van der Waals surface area contributed by atoms with E-state index in [1.54, 1.807) is 6.07 Å². The molecule has 3 N–H and O–H groups in total. The van der Waals surface area contributed by atoms with E-state index >= 15 is 0 Å². The maximum Gasteiger partial charge on any atom is 0.273 e. The number of non-ortho nitro benzene ring substituents is 1. The number of piperidine rings is 1. The second kappa shape index (κ2) is 7.24. The van der Waals surface area contributed by atoms with Crippen molar-refractivity contribution in [1.82, 2.24) is 0 Å². The van der Waals surface area contributed by atoms with Crippen LogP contribution >= 0.6 is 0 Å². The van der Waals surface area contributed by atoms with Gasteiger partial charge in [0.05, 0.1) is 16.7 Å². The predicted octanol–water partition coefficient (Wildman–Crippen LogP) is 2.28. The Labute approximate surface area is 124 Å². The molecule has 1 aromatic rings. The van der Waals surface area contributed by atoms with E-state index in [1.165, 1.54) is 6.07 Å². The molecule has 0 aromatic heterocycles. The molecule has 1 unspecified atom stereocenters. The first-order chi connectivity index (χ1) is 10.1. The van der Waals surface area contributed by atoms with Gasteiger partial charge < -0.3 is 15.1 Å². The number of nitro groups is 1. The van der Waals surface area contributed by atoms with Crippen molar-refractivity contribution in [3.63, 3.8) is 0 Å². The summed E-state index contributed by atoms with van der Waals surface area (Å²) < 4.78 is 5.80. The average Bonchev–Trinajstić information content (AvgIpc) is 2.52. The normalized spacial score (nSPS) is 18.6. The van der Waals surface area contributed by atoms with Crippen molar-refractivity contribution in [1.29, 1.82) is 0 Å². The number of nitrogen functional groups attached to an aromatic ring is 1. The van der Waals surface area contributed by atoms with Gasteiger partial charge in [-0.25, -0.2) is 0 Å². The van der Waals surface area contributed by atoms with Gasteiger partial charge in [0.15, 0.2) is 0 Å². The molecule has 1 aromatic carbocycles. The zero-order valence-electron chi connectivity index (χ0n) is 12.2. The van der Waals surface area contributed by atoms with Crippen LogP contribution in [0.5, 0.6) is 0 Å². The molecule has 1 heterocycles. The fourth-order valence-corrected chi connectivity index (χ4v) is 2.56. The van der Waals surface area contributed by atoms with Crippen LogP contribution < -0.4 is 16.2 Å². The maximum atomic E-state index is 11.0. The number of ether oxygens (including phenoxy) is 1. The number of rotatable bonds is 6. The first kappa shape index (κ1) is 15.5. The van der Waals surface area contributed by atoms with Crippen LogP contribution in [-0.4, -0.2) is 30.7 Å². The number of hydrogen-bond acceptors (Lipinski definition) is 6. The highest BCUT2D eigenvalue weighted by atomic mass is 16.6. The number of nitro benzene ring substituents is 1. The predicted molar refractivity (Wildman–Crippen MR) is 82.4 cm³/mol. The molecule has 0 aliphatic carbocycles. The first-order valence-corrected chi connectivity index (χ1v) is 7.26. The molecule has 2 rings (SSSR count). The lowest BCUT2D eigenvalue weighted by atomic mass is 10.1. The quantitative estimate of drug-likeness (QED) is 0.475. The summed E-state index contributed by atoms with van der Waals surface area (Å²) in [4.78, 5) is 12.7. The third-order valence-electron chi connectivity index (χ3n) is 3.58. The van der Waals surface area contributed by atoms with Gasteiger partial charge in [-0.05, 0) is 25.3 Å². The van der Waals surface area contributed by atoms with E-state index in [1.807, 2.05) is 6.07 Å². The van der Waals surface area contributed by atoms with E-state index in [2.05, 4.69) is 17.2 Å². The van der Waals surface area contributed by atoms with Crippen molar-refractivity contribution in [3.8, 4) is 0 Å². The SMILES string of the molecule is CCCOC1CCCN(c2cc(NN)cc([N+](=O)[O-])c2)C1. The molecule has 1 aliphatic rings. The number of nitrogens with zero attached hydrogens (tertiary/aromatic N) is 2. The van der Waals surface area contributed by atoms with Gasteiger partial charge in [-0.2, -0.15) is 0 Å². The van der Waals surface area contributed by atoms with Crippen LogP contribution in [0.25, 0.3) is 0 Å². The maximum absolute atomic E-state index is 11.0. The molecule has 7 nitrogen and oxygen atoms in total. The zero-order valence-corrected chi connectivity index (χ0v) is 12.2. The van der Waals surface area contributed by atoms with Crippen LogP contribution in [0.4, 0.5) is 17.1 Å². The van der Waals surface area contributed by atoms with Gasteiger partial charge in [0, 0.05) is 37.5 Å². The molecular formula is C14H22N4O3. The largest absolute Gasteiger partial charge is 0.376 e. The van der Waals surface area contributed by atoms with E-state index in [9.17, 15) is 10.1 Å². The van der Waals surface area contributed by atoms with Crippen LogP contribution in [0, 0.1) is 10.1 Å². The molecule has 0 radical (unpaired) electrons. The first-order valence-electron chi connectivity index (χ1n) is 7.26. The number of nitrogens with one attached hydrogen (secondary N) is 1. The van der Waals surface area contributed by atoms with Crippen molar-refractivity contribution in [3.05, 3.63) is 28.3 Å². The highest BCUT2D eigenvalue weighted by Gasteiger charge is 2.22. The molecule has 0 spiro atoms. The summed E-state index contributed by atoms with van der Waals surface area (Å²) >= 11 is 0. The molecule has 0 amide bonds. The molecule has 0 saturated carbocycles. The lowest BCUT2D eigenvalue weighted by molar-refractivity contribution is -0.384. The Balaban J connectivity index is 2.16. The Hall–Kier alpha value is -1.86. The minimum Gasteiger partial charge on any atom is -0.376 e. The van der Waals surface area contributed by atoms with Crippen LogP contribution in [0.15, 0.2) is 18.2 Å². The van der Waals surface area contributed by atoms with Gasteiger partial charge >= 0.3 is 0 Å². The fraction of sp³-hybridized carbons (Fsp3) is 0.571. The van der Waals surface area contributed by atoms with Crippen molar-refractivity contribution in [2.75, 3.05) is 30.0 Å². The standard InChI is InChI=1S/C14H22N4O3/c1-2-6-21-14-4-3-5-17(10-14)12-7-11(16-15)8-13(9-12)18(19)20/h7-9,14,16H,2-6,10,15H2,1H3. The van der Waals surface area contributed by atoms with Gasteiger partial charge in [0.1, 0.15) is 0 Å². The van der Waals surface area contributed by atoms with Gasteiger partial charge in [0.25, 0.3) is 5.69 Å². The third-order valence-corrected chi connectivity index (χ3v) is 3.58. The number of hydrogen-bond donors (Lipinski definition) is 2. The van der Waals surface area contributed by atoms with E-state index < -0.39 is 4.92 Å². The minimum absolute atomic E-state index is 0.0389. The molecule has 1 fully saturated rings. The third kappa shape index (κ3) is 4.05. The summed E-state index contributed by atoms with van der Waals surface area (Å²) in [6.07, 6.45) is 3.23. The fourth-order valence-electron chi connectivity index (χ4n) is 2.56. The topological polar surface area (TPSA) is 93.7 Å².